The van der Waals surface area contributed by atoms with E-state index in [4.69, 9.17) is 9.47 Å². The van der Waals surface area contributed by atoms with Crippen molar-refractivity contribution in [1.29, 1.82) is 0 Å². The molecule has 1 aliphatic heterocycles. The maximum Gasteiger partial charge on any atom is 0.337 e. The third-order valence-corrected chi connectivity index (χ3v) is 2.34. The van der Waals surface area contributed by atoms with Crippen LogP contribution in [0, 0.1) is 0 Å². The lowest BCUT2D eigenvalue weighted by Crippen LogP contribution is -2.12. The summed E-state index contributed by atoms with van der Waals surface area (Å²) in [6, 6.07) is 0. The summed E-state index contributed by atoms with van der Waals surface area (Å²) in [6.07, 6.45) is 7.06. The van der Waals surface area contributed by atoms with Crippen molar-refractivity contribution in [2.75, 3.05) is 13.2 Å². The summed E-state index contributed by atoms with van der Waals surface area (Å²) in [6.45, 7) is 3.32. The molecule has 0 aromatic rings. The summed E-state index contributed by atoms with van der Waals surface area (Å²) in [5.41, 5.74) is 0. The minimum absolute atomic E-state index is 0.182. The smallest absolute Gasteiger partial charge is 0.337 e. The molecule has 82 valence electrons. The van der Waals surface area contributed by atoms with Crippen molar-refractivity contribution in [3.63, 3.8) is 0 Å². The standard InChI is InChI=1S/C11H20O3/c1-2-3-4-5-6-7-8-13-11(12)10-9-14-10/h10H,2-9H2,1H3. The van der Waals surface area contributed by atoms with Crippen molar-refractivity contribution in [3.8, 4) is 0 Å². The number of ether oxygens (including phenoxy) is 2. The Balaban J connectivity index is 1.77. The van der Waals surface area contributed by atoms with Gasteiger partial charge in [0.15, 0.2) is 6.10 Å². The van der Waals surface area contributed by atoms with E-state index in [0.29, 0.717) is 13.2 Å². The van der Waals surface area contributed by atoms with Crippen LogP contribution in [-0.2, 0) is 14.3 Å². The lowest BCUT2D eigenvalue weighted by Gasteiger charge is -2.02. The molecule has 0 amide bonds. The fraction of sp³-hybridized carbons (Fsp3) is 0.909. The molecular formula is C11H20O3. The van der Waals surface area contributed by atoms with E-state index in [1.54, 1.807) is 0 Å². The average molecular weight is 200 g/mol. The monoisotopic (exact) mass is 200 g/mol. The second-order valence-electron chi connectivity index (χ2n) is 3.76. The molecule has 3 nitrogen and oxygen atoms in total. The number of hydrogen-bond acceptors (Lipinski definition) is 3. The van der Waals surface area contributed by atoms with E-state index < -0.39 is 0 Å². The van der Waals surface area contributed by atoms with Crippen LogP contribution in [0.25, 0.3) is 0 Å². The van der Waals surface area contributed by atoms with Gasteiger partial charge in [-0.25, -0.2) is 4.79 Å². The fourth-order valence-corrected chi connectivity index (χ4v) is 1.33. The van der Waals surface area contributed by atoms with Crippen LogP contribution in [0.1, 0.15) is 45.4 Å². The van der Waals surface area contributed by atoms with E-state index in [1.165, 1.54) is 32.1 Å². The Hall–Kier alpha value is -0.570. The molecule has 0 bridgehead atoms. The van der Waals surface area contributed by atoms with Gasteiger partial charge in [0.25, 0.3) is 0 Å². The summed E-state index contributed by atoms with van der Waals surface area (Å²) >= 11 is 0. The molecule has 0 aliphatic carbocycles. The van der Waals surface area contributed by atoms with E-state index in [-0.39, 0.29) is 12.1 Å². The number of epoxide rings is 1. The van der Waals surface area contributed by atoms with Crippen molar-refractivity contribution >= 4 is 5.97 Å². The van der Waals surface area contributed by atoms with Gasteiger partial charge in [-0.05, 0) is 6.42 Å². The van der Waals surface area contributed by atoms with Gasteiger partial charge in [-0.15, -0.1) is 0 Å². The molecule has 0 spiro atoms. The van der Waals surface area contributed by atoms with Gasteiger partial charge < -0.3 is 9.47 Å². The summed E-state index contributed by atoms with van der Waals surface area (Å²) in [5.74, 6) is -0.182. The van der Waals surface area contributed by atoms with Gasteiger partial charge in [-0.1, -0.05) is 39.0 Å². The van der Waals surface area contributed by atoms with E-state index in [1.807, 2.05) is 0 Å². The van der Waals surface area contributed by atoms with Crippen molar-refractivity contribution in [2.24, 2.45) is 0 Å². The normalized spacial score (nSPS) is 19.4. The summed E-state index contributed by atoms with van der Waals surface area (Å²) in [7, 11) is 0. The van der Waals surface area contributed by atoms with Crippen LogP contribution in [0.15, 0.2) is 0 Å². The molecule has 1 saturated heterocycles. The minimum Gasteiger partial charge on any atom is -0.464 e. The van der Waals surface area contributed by atoms with Crippen LogP contribution in [0.4, 0.5) is 0 Å². The summed E-state index contributed by atoms with van der Waals surface area (Å²) in [5, 5.41) is 0. The van der Waals surface area contributed by atoms with Crippen molar-refractivity contribution in [3.05, 3.63) is 0 Å². The van der Waals surface area contributed by atoms with E-state index in [0.717, 1.165) is 6.42 Å². The zero-order valence-electron chi connectivity index (χ0n) is 8.96. The third kappa shape index (κ3) is 5.22. The van der Waals surface area contributed by atoms with Crippen molar-refractivity contribution < 1.29 is 14.3 Å². The lowest BCUT2D eigenvalue weighted by atomic mass is 10.1. The third-order valence-electron chi connectivity index (χ3n) is 2.34. The Morgan fingerprint density at radius 2 is 1.93 bits per heavy atom. The van der Waals surface area contributed by atoms with E-state index in [2.05, 4.69) is 6.92 Å². The van der Waals surface area contributed by atoms with Crippen molar-refractivity contribution in [1.82, 2.24) is 0 Å². The van der Waals surface area contributed by atoms with Crippen molar-refractivity contribution in [2.45, 2.75) is 51.6 Å². The number of esters is 1. The van der Waals surface area contributed by atoms with Gasteiger partial charge in [-0.2, -0.15) is 0 Å². The molecule has 0 aromatic heterocycles. The van der Waals surface area contributed by atoms with Crippen LogP contribution in [0.3, 0.4) is 0 Å². The highest BCUT2D eigenvalue weighted by atomic mass is 16.6. The maximum absolute atomic E-state index is 11.0. The number of carbonyl (C=O) groups excluding carboxylic acids is 1. The molecule has 1 rings (SSSR count). The van der Waals surface area contributed by atoms with Gasteiger partial charge in [-0.3, -0.25) is 0 Å². The molecule has 0 aromatic carbocycles. The highest BCUT2D eigenvalue weighted by Gasteiger charge is 2.32. The Morgan fingerprint density at radius 3 is 2.57 bits per heavy atom. The van der Waals surface area contributed by atoms with Gasteiger partial charge in [0.2, 0.25) is 0 Å². The quantitative estimate of drug-likeness (QED) is 0.343. The largest absolute Gasteiger partial charge is 0.464 e. The van der Waals surface area contributed by atoms with Gasteiger partial charge in [0.1, 0.15) is 0 Å². The molecule has 3 heteroatoms. The Morgan fingerprint density at radius 1 is 1.29 bits per heavy atom. The van der Waals surface area contributed by atoms with E-state index >= 15 is 0 Å². The van der Waals surface area contributed by atoms with Crippen LogP contribution < -0.4 is 0 Å². The van der Waals surface area contributed by atoms with E-state index in [9.17, 15) is 4.79 Å². The highest BCUT2D eigenvalue weighted by molar-refractivity contribution is 5.76. The number of hydrogen-bond donors (Lipinski definition) is 0. The molecular weight excluding hydrogens is 180 g/mol. The molecule has 0 N–H and O–H groups in total. The Labute approximate surface area is 85.8 Å². The minimum atomic E-state index is -0.241. The number of rotatable bonds is 8. The first-order chi connectivity index (χ1) is 6.84. The Bertz CT molecular complexity index is 164. The first-order valence-corrected chi connectivity index (χ1v) is 5.63. The van der Waals surface area contributed by atoms with Gasteiger partial charge >= 0.3 is 5.97 Å². The molecule has 1 fully saturated rings. The maximum atomic E-state index is 11.0. The fourth-order valence-electron chi connectivity index (χ4n) is 1.33. The van der Waals surface area contributed by atoms with Crippen LogP contribution in [0.2, 0.25) is 0 Å². The molecule has 1 unspecified atom stereocenters. The number of unbranched alkanes of at least 4 members (excludes halogenated alkanes) is 5. The summed E-state index contributed by atoms with van der Waals surface area (Å²) < 4.78 is 9.81. The first-order valence-electron chi connectivity index (χ1n) is 5.63. The molecule has 0 saturated carbocycles. The van der Waals surface area contributed by atoms with Crippen LogP contribution >= 0.6 is 0 Å². The first kappa shape index (κ1) is 11.5. The lowest BCUT2D eigenvalue weighted by molar-refractivity contribution is -0.145. The second kappa shape index (κ2) is 6.82. The predicted molar refractivity (Wildman–Crippen MR) is 54.1 cm³/mol. The zero-order valence-corrected chi connectivity index (χ0v) is 8.96. The molecule has 0 radical (unpaired) electrons. The topological polar surface area (TPSA) is 38.8 Å². The van der Waals surface area contributed by atoms with Crippen LogP contribution in [0.5, 0.6) is 0 Å². The molecule has 1 atom stereocenters. The SMILES string of the molecule is CCCCCCCCOC(=O)C1CO1. The molecule has 1 heterocycles. The van der Waals surface area contributed by atoms with Crippen LogP contribution in [-0.4, -0.2) is 25.3 Å². The second-order valence-corrected chi connectivity index (χ2v) is 3.76. The molecule has 14 heavy (non-hydrogen) atoms. The highest BCUT2D eigenvalue weighted by Crippen LogP contribution is 2.11. The summed E-state index contributed by atoms with van der Waals surface area (Å²) in [4.78, 5) is 11.0. The zero-order chi connectivity index (χ0) is 10.2. The average Bonchev–Trinajstić information content (AvgIpc) is 2.99. The van der Waals surface area contributed by atoms with Gasteiger partial charge in [0.05, 0.1) is 13.2 Å². The number of carbonyl (C=O) groups is 1. The van der Waals surface area contributed by atoms with Gasteiger partial charge in [0, 0.05) is 0 Å². The predicted octanol–water partition coefficient (Wildman–Crippen LogP) is 2.29. The Kier molecular flexibility index (Phi) is 5.60. The molecule has 1 aliphatic rings.